The van der Waals surface area contributed by atoms with Gasteiger partial charge in [-0.05, 0) is 43.1 Å². The highest BCUT2D eigenvalue weighted by Crippen LogP contribution is 2.37. The number of aromatic nitrogens is 1. The summed E-state index contributed by atoms with van der Waals surface area (Å²) in [4.78, 5) is 4.44. The van der Waals surface area contributed by atoms with Crippen LogP contribution in [0.25, 0.3) is 10.8 Å². The lowest BCUT2D eigenvalue weighted by Crippen LogP contribution is -2.23. The van der Waals surface area contributed by atoms with E-state index in [4.69, 9.17) is 9.47 Å². The van der Waals surface area contributed by atoms with Gasteiger partial charge in [-0.1, -0.05) is 6.92 Å². The maximum Gasteiger partial charge on any atom is 0.231 e. The maximum absolute atomic E-state index is 5.44. The van der Waals surface area contributed by atoms with Gasteiger partial charge in [0.1, 0.15) is 5.82 Å². The van der Waals surface area contributed by atoms with Gasteiger partial charge in [-0.3, -0.25) is 0 Å². The fourth-order valence-corrected chi connectivity index (χ4v) is 2.39. The van der Waals surface area contributed by atoms with Gasteiger partial charge >= 0.3 is 0 Å². The molecule has 2 aromatic rings. The number of pyridine rings is 1. The summed E-state index contributed by atoms with van der Waals surface area (Å²) in [5.74, 6) is 3.02. The molecule has 3 rings (SSSR count). The Labute approximate surface area is 118 Å². The van der Waals surface area contributed by atoms with E-state index in [1.807, 2.05) is 31.4 Å². The summed E-state index contributed by atoms with van der Waals surface area (Å²) in [6, 6.07) is 5.98. The number of benzene rings is 1. The van der Waals surface area contributed by atoms with E-state index in [9.17, 15) is 0 Å². The van der Waals surface area contributed by atoms with Crippen molar-refractivity contribution < 1.29 is 9.47 Å². The number of rotatable bonds is 5. The summed E-state index contributed by atoms with van der Waals surface area (Å²) < 4.78 is 10.8. The summed E-state index contributed by atoms with van der Waals surface area (Å²) in [7, 11) is 1.97. The molecular weight excluding hydrogens is 254 g/mol. The molecule has 0 fully saturated rings. The average molecular weight is 273 g/mol. The maximum atomic E-state index is 5.44. The molecule has 106 valence electrons. The van der Waals surface area contributed by atoms with Gasteiger partial charge in [0.05, 0.1) is 0 Å². The highest BCUT2D eigenvalue weighted by Gasteiger charge is 2.16. The van der Waals surface area contributed by atoms with Crippen molar-refractivity contribution in [3.05, 3.63) is 24.4 Å². The lowest BCUT2D eigenvalue weighted by molar-refractivity contribution is 0.174. The van der Waals surface area contributed by atoms with Crippen molar-refractivity contribution in [2.24, 2.45) is 5.92 Å². The monoisotopic (exact) mass is 273 g/mol. The average Bonchev–Trinajstić information content (AvgIpc) is 2.90. The summed E-state index contributed by atoms with van der Waals surface area (Å²) in [6.07, 6.45) is 1.82. The van der Waals surface area contributed by atoms with Gasteiger partial charge in [-0.25, -0.2) is 4.98 Å². The minimum atomic E-state index is 0.293. The normalized spacial score (nSPS) is 14.5. The highest BCUT2D eigenvalue weighted by molar-refractivity contribution is 5.94. The van der Waals surface area contributed by atoms with Crippen LogP contribution in [0.15, 0.2) is 24.4 Å². The lowest BCUT2D eigenvalue weighted by atomic mass is 10.1. The van der Waals surface area contributed by atoms with E-state index in [1.165, 1.54) is 0 Å². The van der Waals surface area contributed by atoms with E-state index >= 15 is 0 Å². The quantitative estimate of drug-likeness (QED) is 0.875. The largest absolute Gasteiger partial charge is 0.454 e. The molecule has 0 amide bonds. The van der Waals surface area contributed by atoms with Gasteiger partial charge in [-0.15, -0.1) is 0 Å². The molecule has 2 heterocycles. The SMILES string of the molecule is CNCC(C)CNc1nccc2cc3c(cc12)OCO3. The molecule has 0 aliphatic carbocycles. The number of nitrogens with one attached hydrogen (secondary N) is 2. The minimum absolute atomic E-state index is 0.293. The Bertz CT molecular complexity index is 615. The lowest BCUT2D eigenvalue weighted by Gasteiger charge is -2.14. The van der Waals surface area contributed by atoms with Crippen molar-refractivity contribution in [3.63, 3.8) is 0 Å². The Hall–Kier alpha value is -2.01. The Kier molecular flexibility index (Phi) is 3.60. The van der Waals surface area contributed by atoms with E-state index in [1.54, 1.807) is 0 Å². The van der Waals surface area contributed by atoms with Gasteiger partial charge in [0, 0.05) is 18.1 Å². The molecule has 1 aromatic heterocycles. The fraction of sp³-hybridized carbons (Fsp3) is 0.400. The minimum Gasteiger partial charge on any atom is -0.454 e. The second kappa shape index (κ2) is 5.54. The van der Waals surface area contributed by atoms with Crippen molar-refractivity contribution in [1.29, 1.82) is 0 Å². The molecule has 0 spiro atoms. The Balaban J connectivity index is 1.87. The van der Waals surface area contributed by atoms with E-state index in [2.05, 4.69) is 22.5 Å². The van der Waals surface area contributed by atoms with Gasteiger partial charge in [-0.2, -0.15) is 0 Å². The molecule has 0 saturated heterocycles. The number of fused-ring (bicyclic) bond motifs is 2. The highest BCUT2D eigenvalue weighted by atomic mass is 16.7. The van der Waals surface area contributed by atoms with Crippen molar-refractivity contribution in [1.82, 2.24) is 10.3 Å². The van der Waals surface area contributed by atoms with Crippen LogP contribution in [-0.4, -0.2) is 31.9 Å². The van der Waals surface area contributed by atoms with Crippen molar-refractivity contribution in [3.8, 4) is 11.5 Å². The molecule has 2 N–H and O–H groups in total. The summed E-state index contributed by atoms with van der Waals surface area (Å²) in [6.45, 7) is 4.34. The molecule has 0 saturated carbocycles. The second-order valence-electron chi connectivity index (χ2n) is 5.13. The summed E-state index contributed by atoms with van der Waals surface area (Å²) in [5, 5.41) is 8.76. The molecule has 1 unspecified atom stereocenters. The number of hydrogen-bond acceptors (Lipinski definition) is 5. The van der Waals surface area contributed by atoms with Crippen molar-refractivity contribution >= 4 is 16.6 Å². The van der Waals surface area contributed by atoms with Gasteiger partial charge < -0.3 is 20.1 Å². The zero-order valence-corrected chi connectivity index (χ0v) is 11.8. The van der Waals surface area contributed by atoms with Gasteiger partial charge in [0.2, 0.25) is 6.79 Å². The zero-order valence-electron chi connectivity index (χ0n) is 11.8. The Morgan fingerprint density at radius 1 is 1.25 bits per heavy atom. The standard InChI is InChI=1S/C15H19N3O2/c1-10(7-16-2)8-18-15-12-6-14-13(19-9-20-14)5-11(12)3-4-17-15/h3-6,10,16H,7-9H2,1-2H3,(H,17,18). The number of hydrogen-bond donors (Lipinski definition) is 2. The first-order valence-corrected chi connectivity index (χ1v) is 6.85. The van der Waals surface area contributed by atoms with Crippen LogP contribution < -0.4 is 20.1 Å². The molecule has 1 aliphatic heterocycles. The molecule has 5 heteroatoms. The first kappa shape index (κ1) is 13.0. The first-order valence-electron chi connectivity index (χ1n) is 6.85. The predicted molar refractivity (Wildman–Crippen MR) is 79.4 cm³/mol. The van der Waals surface area contributed by atoms with Crippen molar-refractivity contribution in [2.45, 2.75) is 6.92 Å². The van der Waals surface area contributed by atoms with Crippen LogP contribution in [-0.2, 0) is 0 Å². The van der Waals surface area contributed by atoms with Crippen LogP contribution in [0.4, 0.5) is 5.82 Å². The van der Waals surface area contributed by atoms with E-state index < -0.39 is 0 Å². The number of nitrogens with zero attached hydrogens (tertiary/aromatic N) is 1. The van der Waals surface area contributed by atoms with E-state index in [-0.39, 0.29) is 0 Å². The van der Waals surface area contributed by atoms with Crippen LogP contribution in [0.5, 0.6) is 11.5 Å². The van der Waals surface area contributed by atoms with Crippen LogP contribution in [0, 0.1) is 5.92 Å². The Morgan fingerprint density at radius 3 is 2.85 bits per heavy atom. The summed E-state index contributed by atoms with van der Waals surface area (Å²) in [5.41, 5.74) is 0. The molecule has 1 atom stereocenters. The first-order chi connectivity index (χ1) is 9.78. The topological polar surface area (TPSA) is 55.4 Å². The van der Waals surface area contributed by atoms with Gasteiger partial charge in [0.25, 0.3) is 0 Å². The molecule has 20 heavy (non-hydrogen) atoms. The molecule has 0 radical (unpaired) electrons. The van der Waals surface area contributed by atoms with Crippen LogP contribution in [0.1, 0.15) is 6.92 Å². The van der Waals surface area contributed by atoms with Crippen molar-refractivity contribution in [2.75, 3.05) is 32.2 Å². The molecule has 0 bridgehead atoms. The van der Waals surface area contributed by atoms with Crippen LogP contribution in [0.3, 0.4) is 0 Å². The van der Waals surface area contributed by atoms with Crippen LogP contribution >= 0.6 is 0 Å². The number of ether oxygens (including phenoxy) is 2. The third-order valence-corrected chi connectivity index (χ3v) is 3.43. The smallest absolute Gasteiger partial charge is 0.231 e. The molecule has 1 aromatic carbocycles. The Morgan fingerprint density at radius 2 is 2.05 bits per heavy atom. The van der Waals surface area contributed by atoms with Crippen LogP contribution in [0.2, 0.25) is 0 Å². The number of anilines is 1. The van der Waals surface area contributed by atoms with E-state index in [0.29, 0.717) is 12.7 Å². The molecular formula is C15H19N3O2. The fourth-order valence-electron chi connectivity index (χ4n) is 2.39. The molecule has 1 aliphatic rings. The molecule has 5 nitrogen and oxygen atoms in total. The van der Waals surface area contributed by atoms with E-state index in [0.717, 1.165) is 41.2 Å². The second-order valence-corrected chi connectivity index (χ2v) is 5.13. The zero-order chi connectivity index (χ0) is 13.9. The van der Waals surface area contributed by atoms with Gasteiger partial charge in [0.15, 0.2) is 11.5 Å². The third kappa shape index (κ3) is 2.49. The predicted octanol–water partition coefficient (Wildman–Crippen LogP) is 2.23. The third-order valence-electron chi connectivity index (χ3n) is 3.43. The summed E-state index contributed by atoms with van der Waals surface area (Å²) >= 11 is 0.